The molecule has 1 nitrogen and oxygen atoms in total. The molecule has 1 aromatic carbocycles. The molecule has 0 spiro atoms. The van der Waals surface area contributed by atoms with E-state index < -0.39 is 0 Å². The third kappa shape index (κ3) is 2.28. The van der Waals surface area contributed by atoms with E-state index in [1.54, 1.807) is 0 Å². The molecule has 0 bridgehead atoms. The zero-order chi connectivity index (χ0) is 9.97. The highest BCUT2D eigenvalue weighted by Crippen LogP contribution is 2.28. The van der Waals surface area contributed by atoms with E-state index in [-0.39, 0.29) is 0 Å². The van der Waals surface area contributed by atoms with E-state index in [1.165, 1.54) is 5.56 Å². The summed E-state index contributed by atoms with van der Waals surface area (Å²) in [6.45, 7) is 1.99. The third-order valence-electron chi connectivity index (χ3n) is 2.87. The molecule has 0 aromatic heterocycles. The van der Waals surface area contributed by atoms with Crippen LogP contribution in [-0.2, 0) is 0 Å². The van der Waals surface area contributed by atoms with Crippen LogP contribution in [0.2, 0.25) is 5.02 Å². The minimum absolute atomic E-state index is 0.659. The molecule has 0 N–H and O–H groups in total. The Balaban J connectivity index is 2.05. The standard InChI is InChI=1S/C12H14ClN/c1-14-8-6-11(7-9-14)10-2-4-12(13)5-3-10/h1-5,11H,6-9H2. The van der Waals surface area contributed by atoms with Crippen LogP contribution in [0.3, 0.4) is 0 Å². The summed E-state index contributed by atoms with van der Waals surface area (Å²) in [6.07, 6.45) is 2.30. The molecular formula is C12H14ClN. The second kappa shape index (κ2) is 4.33. The fourth-order valence-corrected chi connectivity index (χ4v) is 2.09. The quantitative estimate of drug-likeness (QED) is 0.684. The van der Waals surface area contributed by atoms with Crippen molar-refractivity contribution in [2.75, 3.05) is 13.1 Å². The minimum Gasteiger partial charge on any atom is -0.297 e. The maximum Gasteiger partial charge on any atom is 0.0438 e. The molecule has 14 heavy (non-hydrogen) atoms. The lowest BCUT2D eigenvalue weighted by Gasteiger charge is -2.28. The normalized spacial score (nSPS) is 19.9. The van der Waals surface area contributed by atoms with Crippen molar-refractivity contribution < 1.29 is 0 Å². The van der Waals surface area contributed by atoms with Gasteiger partial charge in [0, 0.05) is 12.1 Å². The van der Waals surface area contributed by atoms with E-state index in [0.717, 1.165) is 31.0 Å². The van der Waals surface area contributed by atoms with Gasteiger partial charge in [-0.05, 0) is 49.5 Å². The topological polar surface area (TPSA) is 3.24 Å². The predicted octanol–water partition coefficient (Wildman–Crippen LogP) is 3.19. The first-order chi connectivity index (χ1) is 6.75. The van der Waals surface area contributed by atoms with Gasteiger partial charge in [0.2, 0.25) is 0 Å². The summed E-state index contributed by atoms with van der Waals surface area (Å²) in [5.74, 6) is 0.659. The molecule has 74 valence electrons. The second-order valence-electron chi connectivity index (χ2n) is 3.86. The number of likely N-dealkylation sites (tertiary alicyclic amines) is 1. The summed E-state index contributed by atoms with van der Waals surface area (Å²) in [7, 11) is 5.71. The first-order valence-electron chi connectivity index (χ1n) is 5.01. The van der Waals surface area contributed by atoms with Crippen molar-refractivity contribution in [2.45, 2.75) is 18.8 Å². The number of benzene rings is 1. The zero-order valence-electron chi connectivity index (χ0n) is 8.12. The molecule has 1 aliphatic heterocycles. The molecule has 0 unspecified atom stereocenters. The smallest absolute Gasteiger partial charge is 0.0438 e. The molecule has 2 rings (SSSR count). The van der Waals surface area contributed by atoms with Gasteiger partial charge in [0.05, 0.1) is 0 Å². The number of hydrogen-bond acceptors (Lipinski definition) is 1. The van der Waals surface area contributed by atoms with E-state index in [2.05, 4.69) is 12.1 Å². The highest BCUT2D eigenvalue weighted by atomic mass is 35.5. The SMILES string of the molecule is [CH]N1CCC(c2ccc(Cl)cc2)CC1. The van der Waals surface area contributed by atoms with Gasteiger partial charge in [0.25, 0.3) is 0 Å². The number of piperidine rings is 1. The molecule has 1 aromatic rings. The van der Waals surface area contributed by atoms with Crippen molar-refractivity contribution in [1.29, 1.82) is 0 Å². The minimum atomic E-state index is 0.659. The Morgan fingerprint density at radius 2 is 1.71 bits per heavy atom. The fourth-order valence-electron chi connectivity index (χ4n) is 1.97. The molecule has 0 saturated carbocycles. The summed E-state index contributed by atoms with van der Waals surface area (Å²) >= 11 is 5.85. The molecule has 2 radical (unpaired) electrons. The van der Waals surface area contributed by atoms with E-state index >= 15 is 0 Å². The molecule has 1 fully saturated rings. The van der Waals surface area contributed by atoms with Crippen LogP contribution in [-0.4, -0.2) is 18.0 Å². The molecule has 1 saturated heterocycles. The van der Waals surface area contributed by atoms with Crippen molar-refractivity contribution in [2.24, 2.45) is 0 Å². The van der Waals surface area contributed by atoms with Gasteiger partial charge in [-0.3, -0.25) is 4.90 Å². The summed E-state index contributed by atoms with van der Waals surface area (Å²) in [5.41, 5.74) is 1.39. The van der Waals surface area contributed by atoms with E-state index in [9.17, 15) is 0 Å². The Morgan fingerprint density at radius 1 is 1.14 bits per heavy atom. The maximum absolute atomic E-state index is 5.85. The van der Waals surface area contributed by atoms with Gasteiger partial charge in [-0.15, -0.1) is 0 Å². The lowest BCUT2D eigenvalue weighted by molar-refractivity contribution is 0.280. The van der Waals surface area contributed by atoms with E-state index in [4.69, 9.17) is 18.6 Å². The van der Waals surface area contributed by atoms with Gasteiger partial charge in [-0.25, -0.2) is 0 Å². The van der Waals surface area contributed by atoms with E-state index in [1.807, 2.05) is 17.0 Å². The number of rotatable bonds is 1. The molecule has 0 aliphatic carbocycles. The van der Waals surface area contributed by atoms with Gasteiger partial charge in [-0.2, -0.15) is 0 Å². The van der Waals surface area contributed by atoms with Crippen molar-refractivity contribution in [3.63, 3.8) is 0 Å². The van der Waals surface area contributed by atoms with Crippen molar-refractivity contribution in [3.05, 3.63) is 41.9 Å². The Labute approximate surface area is 90.7 Å². The Hall–Kier alpha value is -0.530. The van der Waals surface area contributed by atoms with Crippen LogP contribution in [0.25, 0.3) is 0 Å². The van der Waals surface area contributed by atoms with Crippen molar-refractivity contribution in [3.8, 4) is 0 Å². The van der Waals surface area contributed by atoms with Crippen LogP contribution in [0.15, 0.2) is 24.3 Å². The molecular weight excluding hydrogens is 194 g/mol. The van der Waals surface area contributed by atoms with Crippen LogP contribution < -0.4 is 0 Å². The van der Waals surface area contributed by atoms with Crippen molar-refractivity contribution >= 4 is 11.6 Å². The van der Waals surface area contributed by atoms with Crippen LogP contribution in [0.1, 0.15) is 24.3 Å². The average Bonchev–Trinajstić information content (AvgIpc) is 2.21. The first kappa shape index (κ1) is 10.0. The van der Waals surface area contributed by atoms with Crippen LogP contribution in [0.5, 0.6) is 0 Å². The molecule has 1 aliphatic rings. The van der Waals surface area contributed by atoms with Crippen molar-refractivity contribution in [1.82, 2.24) is 4.90 Å². The van der Waals surface area contributed by atoms with Gasteiger partial charge < -0.3 is 0 Å². The second-order valence-corrected chi connectivity index (χ2v) is 4.30. The number of nitrogens with zero attached hydrogens (tertiary/aromatic N) is 1. The number of hydrogen-bond donors (Lipinski definition) is 0. The maximum atomic E-state index is 5.85. The Morgan fingerprint density at radius 3 is 2.29 bits per heavy atom. The average molecular weight is 208 g/mol. The highest BCUT2D eigenvalue weighted by Gasteiger charge is 2.17. The van der Waals surface area contributed by atoms with Crippen LogP contribution >= 0.6 is 11.6 Å². The predicted molar refractivity (Wildman–Crippen MR) is 59.3 cm³/mol. The lowest BCUT2D eigenvalue weighted by atomic mass is 9.90. The zero-order valence-corrected chi connectivity index (χ0v) is 8.87. The molecule has 2 heteroatoms. The highest BCUT2D eigenvalue weighted by molar-refractivity contribution is 6.30. The van der Waals surface area contributed by atoms with E-state index in [0.29, 0.717) is 5.92 Å². The third-order valence-corrected chi connectivity index (χ3v) is 3.12. The van der Waals surface area contributed by atoms with Gasteiger partial charge in [0.1, 0.15) is 0 Å². The summed E-state index contributed by atoms with van der Waals surface area (Å²) in [6, 6.07) is 8.18. The van der Waals surface area contributed by atoms with Gasteiger partial charge in [-0.1, -0.05) is 23.7 Å². The Kier molecular flexibility index (Phi) is 3.09. The van der Waals surface area contributed by atoms with Gasteiger partial charge in [0.15, 0.2) is 0 Å². The lowest BCUT2D eigenvalue weighted by Crippen LogP contribution is -2.27. The van der Waals surface area contributed by atoms with Crippen LogP contribution in [0.4, 0.5) is 0 Å². The Bertz CT molecular complexity index is 286. The summed E-state index contributed by atoms with van der Waals surface area (Å²) in [4.78, 5) is 1.90. The van der Waals surface area contributed by atoms with Crippen LogP contribution in [0, 0.1) is 7.05 Å². The monoisotopic (exact) mass is 207 g/mol. The molecule has 1 heterocycles. The largest absolute Gasteiger partial charge is 0.297 e. The number of halogens is 1. The fraction of sp³-hybridized carbons (Fsp3) is 0.417. The summed E-state index contributed by atoms with van der Waals surface area (Å²) in [5, 5.41) is 0.810. The molecule has 0 atom stereocenters. The first-order valence-corrected chi connectivity index (χ1v) is 5.38. The molecule has 0 amide bonds. The summed E-state index contributed by atoms with van der Waals surface area (Å²) < 4.78 is 0. The van der Waals surface area contributed by atoms with Gasteiger partial charge >= 0.3 is 0 Å².